The van der Waals surface area contributed by atoms with E-state index < -0.39 is 0 Å². The number of anilines is 1. The number of hydrogen-bond donors (Lipinski definition) is 4. The lowest BCUT2D eigenvalue weighted by Crippen LogP contribution is -2.42. The number of allylic oxidation sites excluding steroid dienone is 2. The molecule has 2 aromatic rings. The van der Waals surface area contributed by atoms with E-state index in [1.807, 2.05) is 6.92 Å². The maximum Gasteiger partial charge on any atom is 0.270 e. The summed E-state index contributed by atoms with van der Waals surface area (Å²) in [6.45, 7) is 8.47. The summed E-state index contributed by atoms with van der Waals surface area (Å²) in [6, 6.07) is 12.2. The van der Waals surface area contributed by atoms with Crippen molar-refractivity contribution >= 4 is 17.2 Å². The first-order valence-corrected chi connectivity index (χ1v) is 14.1. The molecule has 210 valence electrons. The maximum atomic E-state index is 12.8. The zero-order chi connectivity index (χ0) is 27.6. The number of carbonyl (C=O) groups excluding carboxylic acids is 1. The molecule has 0 aliphatic carbocycles. The minimum Gasteiger partial charge on any atom is -0.478 e. The molecule has 2 aliphatic heterocycles. The summed E-state index contributed by atoms with van der Waals surface area (Å²) in [4.78, 5) is 22.2. The number of nitrogen functional groups attached to an aromatic ring is 1. The predicted octanol–water partition coefficient (Wildman–Crippen LogP) is 2.59. The van der Waals surface area contributed by atoms with E-state index in [4.69, 9.17) is 21.9 Å². The Morgan fingerprint density at radius 1 is 1.15 bits per heavy atom. The average Bonchev–Trinajstić information content (AvgIpc) is 3.15. The summed E-state index contributed by atoms with van der Waals surface area (Å²) >= 11 is 0. The average molecular weight is 534 g/mol. The Bertz CT molecular complexity index is 1160. The number of hydrogen-bond acceptors (Lipinski definition) is 8. The van der Waals surface area contributed by atoms with Crippen LogP contribution in [-0.4, -0.2) is 73.1 Å². The van der Waals surface area contributed by atoms with Crippen LogP contribution in [0.3, 0.4) is 0 Å². The van der Waals surface area contributed by atoms with Crippen LogP contribution in [0, 0.1) is 5.92 Å². The van der Waals surface area contributed by atoms with Crippen LogP contribution in [0.5, 0.6) is 5.88 Å². The van der Waals surface area contributed by atoms with Crippen molar-refractivity contribution in [2.45, 2.75) is 32.7 Å². The van der Waals surface area contributed by atoms with Gasteiger partial charge in [-0.2, -0.15) is 0 Å². The SMILES string of the molecule is CCOc1nc(C(=O)NCC2CCN(CC3=CC(c4ccccc4)=CCCN3CCN)CC2)cc(N)c1CN. The van der Waals surface area contributed by atoms with Gasteiger partial charge in [0, 0.05) is 50.7 Å². The molecule has 7 N–H and O–H groups in total. The van der Waals surface area contributed by atoms with Crippen LogP contribution >= 0.6 is 0 Å². The quantitative estimate of drug-likeness (QED) is 0.346. The number of nitrogens with one attached hydrogen (secondary N) is 1. The lowest BCUT2D eigenvalue weighted by Gasteiger charge is -2.35. The largest absolute Gasteiger partial charge is 0.478 e. The molecule has 1 amide bonds. The Hall–Kier alpha value is -3.40. The Morgan fingerprint density at radius 2 is 1.92 bits per heavy atom. The van der Waals surface area contributed by atoms with Gasteiger partial charge in [0.25, 0.3) is 5.91 Å². The van der Waals surface area contributed by atoms with E-state index in [-0.39, 0.29) is 18.1 Å². The zero-order valence-electron chi connectivity index (χ0n) is 23.1. The minimum atomic E-state index is -0.241. The van der Waals surface area contributed by atoms with Gasteiger partial charge >= 0.3 is 0 Å². The van der Waals surface area contributed by atoms with E-state index in [9.17, 15) is 4.79 Å². The number of pyridine rings is 1. The molecule has 39 heavy (non-hydrogen) atoms. The van der Waals surface area contributed by atoms with Crippen molar-refractivity contribution in [2.24, 2.45) is 17.4 Å². The van der Waals surface area contributed by atoms with Crippen molar-refractivity contribution in [3.63, 3.8) is 0 Å². The van der Waals surface area contributed by atoms with E-state index in [1.165, 1.54) is 16.8 Å². The Morgan fingerprint density at radius 3 is 2.62 bits per heavy atom. The highest BCUT2D eigenvalue weighted by Gasteiger charge is 2.23. The molecule has 0 bridgehead atoms. The molecule has 1 aromatic heterocycles. The van der Waals surface area contributed by atoms with Crippen LogP contribution < -0.4 is 27.3 Å². The van der Waals surface area contributed by atoms with Crippen LogP contribution in [0.1, 0.15) is 47.8 Å². The molecule has 0 radical (unpaired) electrons. The number of nitrogens with two attached hydrogens (primary N) is 3. The molecule has 0 atom stereocenters. The minimum absolute atomic E-state index is 0.208. The van der Waals surface area contributed by atoms with Crippen LogP contribution in [0.15, 0.2) is 54.2 Å². The number of ether oxygens (including phenoxy) is 1. The molecule has 9 heteroatoms. The van der Waals surface area contributed by atoms with E-state index in [1.54, 1.807) is 6.07 Å². The highest BCUT2D eigenvalue weighted by Crippen LogP contribution is 2.26. The van der Waals surface area contributed by atoms with E-state index >= 15 is 0 Å². The second-order valence-electron chi connectivity index (χ2n) is 10.2. The van der Waals surface area contributed by atoms with Crippen LogP contribution in [0.2, 0.25) is 0 Å². The summed E-state index contributed by atoms with van der Waals surface area (Å²) < 4.78 is 5.56. The first-order valence-electron chi connectivity index (χ1n) is 14.1. The van der Waals surface area contributed by atoms with Crippen LogP contribution in [0.4, 0.5) is 5.69 Å². The van der Waals surface area contributed by atoms with Crippen molar-refractivity contribution in [1.29, 1.82) is 0 Å². The number of benzene rings is 1. The molecule has 1 aromatic carbocycles. The summed E-state index contributed by atoms with van der Waals surface area (Å²) in [5.74, 6) is 0.510. The third kappa shape index (κ3) is 7.59. The third-order valence-electron chi connectivity index (χ3n) is 7.48. The van der Waals surface area contributed by atoms with Crippen molar-refractivity contribution in [3.8, 4) is 5.88 Å². The number of carbonyl (C=O) groups is 1. The van der Waals surface area contributed by atoms with Gasteiger partial charge < -0.3 is 32.2 Å². The van der Waals surface area contributed by atoms with E-state index in [0.29, 0.717) is 42.7 Å². The van der Waals surface area contributed by atoms with Gasteiger partial charge in [0.05, 0.1) is 12.2 Å². The predicted molar refractivity (Wildman–Crippen MR) is 157 cm³/mol. The summed E-state index contributed by atoms with van der Waals surface area (Å²) in [5.41, 5.74) is 23.0. The molecular weight excluding hydrogens is 490 g/mol. The highest BCUT2D eigenvalue weighted by atomic mass is 16.5. The molecule has 0 spiro atoms. The first kappa shape index (κ1) is 28.6. The zero-order valence-corrected chi connectivity index (χ0v) is 23.1. The van der Waals surface area contributed by atoms with E-state index in [0.717, 1.165) is 52.0 Å². The van der Waals surface area contributed by atoms with Gasteiger partial charge in [-0.1, -0.05) is 36.4 Å². The smallest absolute Gasteiger partial charge is 0.270 e. The molecule has 1 saturated heterocycles. The first-order chi connectivity index (χ1) is 19.0. The highest BCUT2D eigenvalue weighted by molar-refractivity contribution is 5.93. The summed E-state index contributed by atoms with van der Waals surface area (Å²) in [5, 5.41) is 3.05. The fourth-order valence-corrected chi connectivity index (χ4v) is 5.29. The number of aromatic nitrogens is 1. The molecule has 2 aliphatic rings. The number of likely N-dealkylation sites (tertiary alicyclic amines) is 1. The third-order valence-corrected chi connectivity index (χ3v) is 7.48. The molecule has 0 saturated carbocycles. The molecule has 4 rings (SSSR count). The van der Waals surface area contributed by atoms with Gasteiger partial charge in [0.1, 0.15) is 5.69 Å². The number of nitrogens with zero attached hydrogens (tertiary/aromatic N) is 3. The second kappa shape index (κ2) is 14.1. The Kier molecular flexibility index (Phi) is 10.4. The number of piperidine rings is 1. The Labute approximate surface area is 232 Å². The Balaban J connectivity index is 1.33. The van der Waals surface area contributed by atoms with Crippen LogP contribution in [0.25, 0.3) is 5.57 Å². The molecule has 9 nitrogen and oxygen atoms in total. The van der Waals surface area contributed by atoms with Crippen molar-refractivity contribution < 1.29 is 9.53 Å². The lowest BCUT2D eigenvalue weighted by atomic mass is 9.96. The standard InChI is InChI=1S/C30H43N7O2/c1-2-39-30-26(19-32)27(33)18-28(35-30)29(38)34-20-22-10-14-36(15-11-22)21-25-17-24(23-7-4-3-5-8-23)9-6-13-37(25)16-12-31/h3-5,7-9,17-18,22H,2,6,10-16,19-21,31-32H2,1H3,(H2,33,35)(H,34,38). The van der Waals surface area contributed by atoms with Crippen molar-refractivity contribution in [2.75, 3.05) is 58.2 Å². The fraction of sp³-hybridized carbons (Fsp3) is 0.467. The van der Waals surface area contributed by atoms with Gasteiger partial charge in [-0.25, -0.2) is 4.98 Å². The molecule has 1 fully saturated rings. The maximum absolute atomic E-state index is 12.8. The van der Waals surface area contributed by atoms with Crippen LogP contribution in [-0.2, 0) is 6.54 Å². The topological polar surface area (TPSA) is 136 Å². The normalized spacial score (nSPS) is 16.8. The monoisotopic (exact) mass is 533 g/mol. The van der Waals surface area contributed by atoms with Gasteiger partial charge in [-0.05, 0) is 68.5 Å². The van der Waals surface area contributed by atoms with Gasteiger partial charge in [0.2, 0.25) is 5.88 Å². The van der Waals surface area contributed by atoms with Gasteiger partial charge in [0.15, 0.2) is 0 Å². The van der Waals surface area contributed by atoms with Crippen molar-refractivity contribution in [3.05, 3.63) is 71.1 Å². The molecular formula is C30H43N7O2. The number of rotatable bonds is 11. The fourth-order valence-electron chi connectivity index (χ4n) is 5.29. The summed E-state index contributed by atoms with van der Waals surface area (Å²) in [7, 11) is 0. The van der Waals surface area contributed by atoms with Gasteiger partial charge in [-0.3, -0.25) is 9.69 Å². The second-order valence-corrected chi connectivity index (χ2v) is 10.2. The number of amides is 1. The van der Waals surface area contributed by atoms with Gasteiger partial charge in [-0.15, -0.1) is 0 Å². The summed E-state index contributed by atoms with van der Waals surface area (Å²) in [6.07, 6.45) is 7.74. The lowest BCUT2D eigenvalue weighted by molar-refractivity contribution is 0.0930. The molecule has 0 unspecified atom stereocenters. The van der Waals surface area contributed by atoms with E-state index in [2.05, 4.69) is 62.6 Å². The molecule has 3 heterocycles. The van der Waals surface area contributed by atoms with Crippen molar-refractivity contribution in [1.82, 2.24) is 20.1 Å².